The number of nitrogens with zero attached hydrogens (tertiary/aromatic N) is 4. The van der Waals surface area contributed by atoms with Gasteiger partial charge in [0.1, 0.15) is 0 Å². The number of rotatable bonds is 27. The number of para-hydroxylation sites is 2. The molecule has 57 heavy (non-hydrogen) atoms. The fraction of sp³-hybridized carbons (Fsp3) is 0.590. The van der Waals surface area contributed by atoms with E-state index in [0.29, 0.717) is 24.6 Å². The molecule has 0 bridgehead atoms. The number of carbonyl (C=O) groups excluding carboxylic acids is 2. The molecule has 2 aromatic carbocycles. The molecule has 0 saturated heterocycles. The average Bonchev–Trinajstić information content (AvgIpc) is 3.15. The van der Waals surface area contributed by atoms with E-state index in [1.54, 1.807) is 26.8 Å². The van der Waals surface area contributed by atoms with Crippen LogP contribution < -0.4 is 0 Å². The third kappa shape index (κ3) is 15.9. The molecule has 0 aromatic heterocycles. The third-order valence-electron chi connectivity index (χ3n) is 9.08. The van der Waals surface area contributed by atoms with Crippen LogP contribution in [0.3, 0.4) is 0 Å². The zero-order valence-electron chi connectivity index (χ0n) is 33.3. The number of esters is 2. The van der Waals surface area contributed by atoms with Crippen molar-refractivity contribution in [1.29, 1.82) is 0 Å². The maximum absolute atomic E-state index is 14.5. The lowest BCUT2D eigenvalue weighted by Gasteiger charge is -2.31. The Morgan fingerprint density at radius 3 is 1.84 bits per heavy atom. The van der Waals surface area contributed by atoms with Crippen molar-refractivity contribution in [2.24, 2.45) is 5.41 Å². The van der Waals surface area contributed by atoms with Gasteiger partial charge in [-0.05, 0) is 71.4 Å². The molecule has 318 valence electrons. The van der Waals surface area contributed by atoms with E-state index in [1.807, 2.05) is 6.08 Å². The fourth-order valence-corrected chi connectivity index (χ4v) is 9.84. The normalized spacial score (nSPS) is 13.0. The van der Waals surface area contributed by atoms with E-state index in [9.17, 15) is 46.7 Å². The summed E-state index contributed by atoms with van der Waals surface area (Å²) in [4.78, 5) is 47.1. The number of hydrogen-bond donors (Lipinski definition) is 0. The Bertz CT molecular complexity index is 1880. The molecule has 0 aliphatic carbocycles. The second-order valence-corrected chi connectivity index (χ2v) is 19.3. The van der Waals surface area contributed by atoms with E-state index < -0.39 is 87.4 Å². The van der Waals surface area contributed by atoms with Gasteiger partial charge in [0, 0.05) is 43.1 Å². The molecule has 0 aliphatic rings. The molecule has 18 heteroatoms. The third-order valence-corrected chi connectivity index (χ3v) is 13.6. The lowest BCUT2D eigenvalue weighted by Crippen LogP contribution is -2.44. The van der Waals surface area contributed by atoms with Gasteiger partial charge in [-0.2, -0.15) is 8.61 Å². The highest BCUT2D eigenvalue weighted by molar-refractivity contribution is 9.09. The monoisotopic (exact) mass is 900 g/mol. The van der Waals surface area contributed by atoms with Gasteiger partial charge in [0.05, 0.1) is 21.7 Å². The SMILES string of the molecule is CCCCCCCC/C=C\C[C@@H](CC(=O)OC(=O)C(C)(C)C)N(CCCN(CCCCCBr)S(=O)(=O)c1ccccc1[N+](=O)[O-])S(=O)(=O)c1ccccc1[N+](=O)[O-]. The first kappa shape index (κ1) is 49.6. The number of sulfonamides is 2. The van der Waals surface area contributed by atoms with Gasteiger partial charge in [-0.25, -0.2) is 16.8 Å². The van der Waals surface area contributed by atoms with Crippen LogP contribution in [0.4, 0.5) is 11.4 Å². The van der Waals surface area contributed by atoms with Crippen LogP contribution in [0.25, 0.3) is 0 Å². The van der Waals surface area contributed by atoms with Crippen LogP contribution in [-0.2, 0) is 34.4 Å². The quantitative estimate of drug-likeness (QED) is 0.0158. The first-order valence-electron chi connectivity index (χ1n) is 19.3. The Hall–Kier alpha value is -3.58. The maximum atomic E-state index is 14.5. The fourth-order valence-electron chi connectivity index (χ4n) is 5.94. The number of hydrogen-bond acceptors (Lipinski definition) is 11. The van der Waals surface area contributed by atoms with Crippen molar-refractivity contribution in [3.8, 4) is 0 Å². The second-order valence-electron chi connectivity index (χ2n) is 14.7. The molecule has 15 nitrogen and oxygen atoms in total. The van der Waals surface area contributed by atoms with Crippen molar-refractivity contribution < 1.29 is 41.0 Å². The van der Waals surface area contributed by atoms with Crippen LogP contribution in [0.2, 0.25) is 0 Å². The number of allylic oxidation sites excluding steroid dienone is 1. The molecule has 0 N–H and O–H groups in total. The summed E-state index contributed by atoms with van der Waals surface area (Å²) < 4.78 is 64.2. The average molecular weight is 902 g/mol. The molecule has 0 aliphatic heterocycles. The van der Waals surface area contributed by atoms with Crippen LogP contribution in [0.5, 0.6) is 0 Å². The predicted molar refractivity (Wildman–Crippen MR) is 222 cm³/mol. The molecule has 0 heterocycles. The minimum absolute atomic E-state index is 0.0237. The molecule has 0 radical (unpaired) electrons. The molecular formula is C39H57BrN4O11S2. The second kappa shape index (κ2) is 24.4. The summed E-state index contributed by atoms with van der Waals surface area (Å²) in [6.45, 7) is 6.09. The predicted octanol–water partition coefficient (Wildman–Crippen LogP) is 8.71. The Balaban J connectivity index is 2.60. The highest BCUT2D eigenvalue weighted by Crippen LogP contribution is 2.31. The molecule has 0 spiro atoms. The van der Waals surface area contributed by atoms with Crippen LogP contribution in [0.1, 0.15) is 111 Å². The number of carbonyl (C=O) groups is 2. The number of unbranched alkanes of at least 4 members (excludes halogenated alkanes) is 8. The molecule has 2 aromatic rings. The molecule has 2 rings (SSSR count). The standard InChI is InChI=1S/C39H57BrN4O11S2/c1-5-6-7-8-9-10-11-12-14-22-32(31-37(45)55-38(46)39(2,3)4)42(57(53,54)36-26-18-16-24-34(36)44(49)50)30-21-29-41(28-20-13-19-27-40)56(51,52)35-25-17-15-23-33(35)43(47)48/h12,14-18,23-26,32H,5-11,13,19-22,27-31H2,1-4H3/b14-12-/t32-/m0/s1. The van der Waals surface area contributed by atoms with E-state index in [4.69, 9.17) is 4.74 Å². The van der Waals surface area contributed by atoms with Crippen LogP contribution in [0.15, 0.2) is 70.5 Å². The number of benzene rings is 2. The van der Waals surface area contributed by atoms with E-state index >= 15 is 0 Å². The molecule has 0 amide bonds. The number of nitro groups is 2. The number of nitro benzene ring substituents is 2. The van der Waals surface area contributed by atoms with E-state index in [0.717, 1.165) is 77.8 Å². The summed E-state index contributed by atoms with van der Waals surface area (Å²) in [6.07, 6.45) is 11.7. The van der Waals surface area contributed by atoms with Gasteiger partial charge < -0.3 is 4.74 Å². The largest absolute Gasteiger partial charge is 0.393 e. The highest BCUT2D eigenvalue weighted by Gasteiger charge is 2.38. The summed E-state index contributed by atoms with van der Waals surface area (Å²) >= 11 is 3.35. The molecule has 0 saturated carbocycles. The van der Waals surface area contributed by atoms with E-state index in [1.165, 1.54) is 24.3 Å². The van der Waals surface area contributed by atoms with Crippen molar-refractivity contribution in [3.05, 3.63) is 80.9 Å². The number of alkyl halides is 1. The van der Waals surface area contributed by atoms with Gasteiger partial charge >= 0.3 is 11.9 Å². The van der Waals surface area contributed by atoms with Crippen LogP contribution in [-0.4, -0.2) is 78.2 Å². The lowest BCUT2D eigenvalue weighted by atomic mass is 9.97. The van der Waals surface area contributed by atoms with Crippen LogP contribution in [0, 0.1) is 25.6 Å². The van der Waals surface area contributed by atoms with Crippen molar-refractivity contribution in [2.45, 2.75) is 127 Å². The first-order valence-corrected chi connectivity index (χ1v) is 23.3. The van der Waals surface area contributed by atoms with Gasteiger partial charge in [-0.15, -0.1) is 0 Å². The van der Waals surface area contributed by atoms with Gasteiger partial charge in [-0.1, -0.05) is 97.8 Å². The number of halogens is 1. The smallest absolute Gasteiger partial charge is 0.318 e. The molecule has 1 atom stereocenters. The highest BCUT2D eigenvalue weighted by atomic mass is 79.9. The van der Waals surface area contributed by atoms with E-state index in [-0.39, 0.29) is 25.9 Å². The number of ether oxygens (including phenoxy) is 1. The summed E-state index contributed by atoms with van der Waals surface area (Å²) in [7, 11) is -9.23. The van der Waals surface area contributed by atoms with E-state index in [2.05, 4.69) is 22.9 Å². The van der Waals surface area contributed by atoms with Gasteiger partial charge in [0.15, 0.2) is 9.79 Å². The van der Waals surface area contributed by atoms with Crippen molar-refractivity contribution >= 4 is 59.3 Å². The maximum Gasteiger partial charge on any atom is 0.318 e. The van der Waals surface area contributed by atoms with Crippen molar-refractivity contribution in [3.63, 3.8) is 0 Å². The zero-order chi connectivity index (χ0) is 42.6. The summed E-state index contributed by atoms with van der Waals surface area (Å²) in [5.41, 5.74) is -2.35. The Morgan fingerprint density at radius 1 is 0.754 bits per heavy atom. The zero-order valence-corrected chi connectivity index (χ0v) is 36.6. The Labute approximate surface area is 345 Å². The Kier molecular flexibility index (Phi) is 21.2. The first-order chi connectivity index (χ1) is 26.9. The van der Waals surface area contributed by atoms with Crippen molar-refractivity contribution in [2.75, 3.05) is 25.0 Å². The molecule has 0 unspecified atom stereocenters. The molecule has 0 fully saturated rings. The minimum atomic E-state index is -4.76. The van der Waals surface area contributed by atoms with Gasteiger partial charge in [0.25, 0.3) is 11.4 Å². The minimum Gasteiger partial charge on any atom is -0.393 e. The lowest BCUT2D eigenvalue weighted by molar-refractivity contribution is -0.388. The van der Waals surface area contributed by atoms with Crippen LogP contribution >= 0.6 is 15.9 Å². The van der Waals surface area contributed by atoms with Crippen molar-refractivity contribution in [1.82, 2.24) is 8.61 Å². The topological polar surface area (TPSA) is 204 Å². The van der Waals surface area contributed by atoms with Gasteiger partial charge in [0.2, 0.25) is 20.0 Å². The summed E-state index contributed by atoms with van der Waals surface area (Å²) in [5, 5.41) is 24.6. The Morgan fingerprint density at radius 2 is 1.28 bits per heavy atom. The summed E-state index contributed by atoms with van der Waals surface area (Å²) in [6, 6.07) is 8.54. The van der Waals surface area contributed by atoms with Gasteiger partial charge in [-0.3, -0.25) is 29.8 Å². The molecular weight excluding hydrogens is 844 g/mol. The summed E-state index contributed by atoms with van der Waals surface area (Å²) in [5.74, 6) is -1.83.